The summed E-state index contributed by atoms with van der Waals surface area (Å²) in [5.74, 6) is -5.55. The lowest BCUT2D eigenvalue weighted by Gasteiger charge is -2.31. The number of urea groups is 1. The van der Waals surface area contributed by atoms with Crippen molar-refractivity contribution in [2.24, 2.45) is 0 Å². The molecule has 2 bridgehead atoms. The number of carboxylic acids is 1. The minimum atomic E-state index is -1.45. The Morgan fingerprint density at radius 2 is 2.03 bits per heavy atom. The number of likely N-dealkylation sites (tertiary alicyclic amines) is 2. The Hall–Kier alpha value is -2.90. The van der Waals surface area contributed by atoms with Gasteiger partial charge < -0.3 is 20.1 Å². The zero-order chi connectivity index (χ0) is 25.3. The average Bonchev–Trinajstić information content (AvgIpc) is 3.49. The number of aryl methyl sites for hydroxylation is 1. The van der Waals surface area contributed by atoms with Crippen LogP contribution in [0.15, 0.2) is 6.07 Å². The number of carbonyl (C=O) groups is 2. The maximum Gasteiger partial charge on any atom is 0.344 e. The minimum Gasteiger partial charge on any atom is -0.477 e. The number of rotatable bonds is 9. The molecule has 3 N–H and O–H groups in total. The Morgan fingerprint density at radius 1 is 1.26 bits per heavy atom. The number of hydrogen-bond acceptors (Lipinski definition) is 7. The van der Waals surface area contributed by atoms with Crippen LogP contribution in [0.5, 0.6) is 5.88 Å². The van der Waals surface area contributed by atoms with E-state index in [1.807, 2.05) is 0 Å². The molecule has 2 aliphatic rings. The fourth-order valence-electron chi connectivity index (χ4n) is 4.53. The third-order valence-corrected chi connectivity index (χ3v) is 7.17. The largest absolute Gasteiger partial charge is 0.477 e. The summed E-state index contributed by atoms with van der Waals surface area (Å²) in [6.45, 7) is 3.79. The van der Waals surface area contributed by atoms with Crippen molar-refractivity contribution in [3.8, 4) is 5.88 Å². The summed E-state index contributed by atoms with van der Waals surface area (Å²) in [5.41, 5.74) is -1.36. The molecule has 2 atom stereocenters. The number of piperazine rings is 1. The molecule has 2 amide bonds. The molecule has 0 spiro atoms. The molecule has 2 aromatic rings. The van der Waals surface area contributed by atoms with Crippen molar-refractivity contribution in [2.75, 3.05) is 38.5 Å². The van der Waals surface area contributed by atoms with Gasteiger partial charge in [-0.25, -0.2) is 22.8 Å². The van der Waals surface area contributed by atoms with E-state index in [4.69, 9.17) is 4.74 Å². The average molecular weight is 514 g/mol. The predicted molar refractivity (Wildman–Crippen MR) is 122 cm³/mol. The van der Waals surface area contributed by atoms with Gasteiger partial charge in [0.05, 0.1) is 5.56 Å². The first-order valence-electron chi connectivity index (χ1n) is 11.1. The van der Waals surface area contributed by atoms with Gasteiger partial charge in [-0.3, -0.25) is 10.2 Å². The first-order valence-corrected chi connectivity index (χ1v) is 11.9. The number of anilines is 1. The first kappa shape index (κ1) is 25.2. The van der Waals surface area contributed by atoms with Crippen LogP contribution in [-0.2, 0) is 6.61 Å². The number of fused-ring (bicyclic) bond motifs is 2. The highest BCUT2D eigenvalue weighted by atomic mass is 32.1. The van der Waals surface area contributed by atoms with Crippen LogP contribution in [0.2, 0.25) is 0 Å². The van der Waals surface area contributed by atoms with E-state index in [1.54, 1.807) is 0 Å². The van der Waals surface area contributed by atoms with E-state index in [1.165, 1.54) is 13.3 Å². The number of nitrogens with zero attached hydrogens (tertiary/aromatic N) is 3. The van der Waals surface area contributed by atoms with Gasteiger partial charge >= 0.3 is 12.0 Å². The van der Waals surface area contributed by atoms with Crippen molar-refractivity contribution in [3.05, 3.63) is 40.2 Å². The van der Waals surface area contributed by atoms with E-state index in [0.717, 1.165) is 32.1 Å². The fourth-order valence-corrected chi connectivity index (χ4v) is 5.25. The molecule has 2 fully saturated rings. The fraction of sp³-hybridized carbons (Fsp3) is 0.500. The summed E-state index contributed by atoms with van der Waals surface area (Å²) in [4.78, 5) is 28.8. The van der Waals surface area contributed by atoms with Crippen molar-refractivity contribution >= 4 is 28.5 Å². The third kappa shape index (κ3) is 5.36. The molecular weight excluding hydrogens is 487 g/mol. The molecule has 13 heteroatoms. The van der Waals surface area contributed by atoms with Crippen molar-refractivity contribution in [1.29, 1.82) is 0 Å². The molecule has 9 nitrogen and oxygen atoms in total. The van der Waals surface area contributed by atoms with Gasteiger partial charge in [0.1, 0.15) is 17.4 Å². The van der Waals surface area contributed by atoms with Crippen LogP contribution < -0.4 is 15.4 Å². The van der Waals surface area contributed by atoms with E-state index in [2.05, 4.69) is 31.9 Å². The van der Waals surface area contributed by atoms with E-state index >= 15 is 0 Å². The molecule has 0 radical (unpaired) electrons. The van der Waals surface area contributed by atoms with Crippen LogP contribution >= 0.6 is 11.5 Å². The Bertz CT molecular complexity index is 1130. The van der Waals surface area contributed by atoms with Gasteiger partial charge in [0, 0.05) is 38.3 Å². The lowest BCUT2D eigenvalue weighted by atomic mass is 10.1. The molecule has 35 heavy (non-hydrogen) atoms. The lowest BCUT2D eigenvalue weighted by molar-refractivity contribution is 0.0693. The normalized spacial score (nSPS) is 19.8. The summed E-state index contributed by atoms with van der Waals surface area (Å²) < 4.78 is 50.9. The Morgan fingerprint density at radius 3 is 2.69 bits per heavy atom. The monoisotopic (exact) mass is 513 g/mol. The third-order valence-electron chi connectivity index (χ3n) is 6.43. The zero-order valence-electron chi connectivity index (χ0n) is 19.2. The molecule has 2 saturated heterocycles. The first-order chi connectivity index (χ1) is 16.7. The highest BCUT2D eigenvalue weighted by molar-refractivity contribution is 7.11. The maximum absolute atomic E-state index is 14.1. The van der Waals surface area contributed by atoms with Gasteiger partial charge in [-0.2, -0.15) is 4.37 Å². The van der Waals surface area contributed by atoms with E-state index in [-0.39, 0.29) is 10.6 Å². The quantitative estimate of drug-likeness (QED) is 0.350. The van der Waals surface area contributed by atoms with E-state index in [0.29, 0.717) is 30.2 Å². The number of likely N-dealkylation sites (N-methyl/N-ethyl adjacent to an activating group) is 1. The number of halogens is 3. The summed E-state index contributed by atoms with van der Waals surface area (Å²) in [5, 5.41) is 14.6. The van der Waals surface area contributed by atoms with Crippen molar-refractivity contribution in [2.45, 2.75) is 38.5 Å². The van der Waals surface area contributed by atoms with Crippen LogP contribution in [-0.4, -0.2) is 76.6 Å². The highest BCUT2D eigenvalue weighted by Crippen LogP contribution is 2.32. The molecule has 4 rings (SSSR count). The standard InChI is InChI=1S/C22H26F3N5O4S/c1-11-6-15(23)14(18(25)17(11)24)10-34-19-16(21(31)32)20(35-28-19)27-22(33)26-4-3-5-30-9-12-7-13(30)8-29(12)2/h6,12-13H,3-5,7-10H2,1-2H3,(H,31,32)(H2,26,27,33). The maximum atomic E-state index is 14.1. The van der Waals surface area contributed by atoms with E-state index < -0.39 is 53.1 Å². The summed E-state index contributed by atoms with van der Waals surface area (Å²) in [6.07, 6.45) is 1.92. The van der Waals surface area contributed by atoms with Gasteiger partial charge in [0.15, 0.2) is 17.2 Å². The second-order valence-corrected chi connectivity index (χ2v) is 9.55. The van der Waals surface area contributed by atoms with E-state index in [9.17, 15) is 27.9 Å². The predicted octanol–water partition coefficient (Wildman–Crippen LogP) is 3.05. The molecular formula is C22H26F3N5O4S. The molecule has 0 aliphatic carbocycles. The number of carbonyl (C=O) groups excluding carboxylic acids is 1. The molecule has 3 heterocycles. The second-order valence-electron chi connectivity index (χ2n) is 8.78. The molecule has 1 aromatic heterocycles. The number of hydrogen-bond donors (Lipinski definition) is 3. The minimum absolute atomic E-state index is 0.0964. The molecule has 190 valence electrons. The lowest BCUT2D eigenvalue weighted by Crippen LogP contribution is -2.45. The van der Waals surface area contributed by atoms with Crippen molar-refractivity contribution in [3.63, 3.8) is 0 Å². The Balaban J connectivity index is 1.30. The van der Waals surface area contributed by atoms with Gasteiger partial charge in [-0.05, 0) is 50.0 Å². The zero-order valence-corrected chi connectivity index (χ0v) is 20.1. The number of amides is 2. The topological polar surface area (TPSA) is 107 Å². The highest BCUT2D eigenvalue weighted by Gasteiger charge is 2.40. The van der Waals surface area contributed by atoms with Gasteiger partial charge in [0.25, 0.3) is 0 Å². The van der Waals surface area contributed by atoms with Gasteiger partial charge in [0.2, 0.25) is 5.88 Å². The smallest absolute Gasteiger partial charge is 0.344 e. The summed E-state index contributed by atoms with van der Waals surface area (Å²) in [6, 6.07) is 1.38. The molecule has 2 unspecified atom stereocenters. The number of carboxylic acid groups (broad SMARTS) is 1. The second kappa shape index (κ2) is 10.4. The van der Waals surface area contributed by atoms with Crippen LogP contribution in [0.3, 0.4) is 0 Å². The molecule has 2 aliphatic heterocycles. The van der Waals surface area contributed by atoms with Crippen molar-refractivity contribution in [1.82, 2.24) is 19.5 Å². The van der Waals surface area contributed by atoms with Crippen molar-refractivity contribution < 1.29 is 32.6 Å². The SMILES string of the molecule is Cc1cc(F)c(COc2nsc(NC(=O)NCCCN3CC4CC3CN4C)c2C(=O)O)c(F)c1F. The molecule has 0 saturated carbocycles. The van der Waals surface area contributed by atoms with Crippen LogP contribution in [0.25, 0.3) is 0 Å². The summed E-state index contributed by atoms with van der Waals surface area (Å²) >= 11 is 0.648. The van der Waals surface area contributed by atoms with Gasteiger partial charge in [-0.15, -0.1) is 0 Å². The van der Waals surface area contributed by atoms with Crippen LogP contribution in [0.4, 0.5) is 23.0 Å². The van der Waals surface area contributed by atoms with Crippen LogP contribution in [0, 0.1) is 24.4 Å². The number of benzene rings is 1. The number of aromatic carboxylic acids is 1. The number of nitrogens with one attached hydrogen (secondary N) is 2. The van der Waals surface area contributed by atoms with Gasteiger partial charge in [-0.1, -0.05) is 0 Å². The van der Waals surface area contributed by atoms with Crippen LogP contribution in [0.1, 0.15) is 34.3 Å². The molecule has 1 aromatic carbocycles. The summed E-state index contributed by atoms with van der Waals surface area (Å²) in [7, 11) is 2.13. The number of aromatic nitrogens is 1. The number of ether oxygens (including phenoxy) is 1. The Labute approximate surface area is 204 Å². The Kier molecular flexibility index (Phi) is 7.47.